The maximum absolute atomic E-state index is 11.1. The van der Waals surface area contributed by atoms with E-state index < -0.39 is 12.0 Å². The van der Waals surface area contributed by atoms with Gasteiger partial charge in [0.2, 0.25) is 6.79 Å². The van der Waals surface area contributed by atoms with Crippen molar-refractivity contribution in [3.63, 3.8) is 0 Å². The van der Waals surface area contributed by atoms with Gasteiger partial charge in [0, 0.05) is 11.0 Å². The minimum atomic E-state index is -0.821. The van der Waals surface area contributed by atoms with Gasteiger partial charge in [0.25, 0.3) is 0 Å². The third-order valence-electron chi connectivity index (χ3n) is 2.96. The van der Waals surface area contributed by atoms with Crippen LogP contribution in [0.4, 0.5) is 0 Å². The first-order chi connectivity index (χ1) is 9.11. The normalized spacial score (nSPS) is 14.4. The number of carbonyl (C=O) groups is 1. The zero-order valence-electron chi connectivity index (χ0n) is 10.6. The van der Waals surface area contributed by atoms with Crippen molar-refractivity contribution in [1.29, 1.82) is 0 Å². The lowest BCUT2D eigenvalue weighted by Crippen LogP contribution is -2.36. The number of carboxylic acids is 1. The molecule has 0 radical (unpaired) electrons. The molecule has 1 heterocycles. The molecule has 2 rings (SSSR count). The van der Waals surface area contributed by atoms with Gasteiger partial charge in [-0.25, -0.2) is 0 Å². The highest BCUT2D eigenvalue weighted by Crippen LogP contribution is 2.36. The Balaban J connectivity index is 2.05. The van der Waals surface area contributed by atoms with Crippen LogP contribution in [0.5, 0.6) is 11.5 Å². The summed E-state index contributed by atoms with van der Waals surface area (Å²) in [5.41, 5.74) is 0.951. The zero-order valence-corrected chi connectivity index (χ0v) is 12.2. The Morgan fingerprint density at radius 2 is 2.16 bits per heavy atom. The van der Waals surface area contributed by atoms with Crippen molar-refractivity contribution in [2.24, 2.45) is 0 Å². The second-order valence-electron chi connectivity index (χ2n) is 4.36. The zero-order chi connectivity index (χ0) is 13.8. The molecule has 0 bridgehead atoms. The molecule has 0 aliphatic carbocycles. The second kappa shape index (κ2) is 6.25. The predicted octanol–water partition coefficient (Wildman–Crippen LogP) is 2.52. The van der Waals surface area contributed by atoms with E-state index >= 15 is 0 Å². The number of aliphatic carboxylic acids is 1. The molecule has 0 aromatic heterocycles. The molecule has 6 heteroatoms. The van der Waals surface area contributed by atoms with Crippen molar-refractivity contribution in [2.75, 3.05) is 6.79 Å². The fourth-order valence-electron chi connectivity index (χ4n) is 1.93. The van der Waals surface area contributed by atoms with E-state index in [-0.39, 0.29) is 6.79 Å². The van der Waals surface area contributed by atoms with Gasteiger partial charge in [-0.2, -0.15) is 0 Å². The Bertz CT molecular complexity index is 478. The first-order valence-corrected chi connectivity index (χ1v) is 6.95. The van der Waals surface area contributed by atoms with E-state index in [4.69, 9.17) is 14.6 Å². The molecular formula is C13H16BrNO4. The molecule has 1 aliphatic rings. The number of hydrogen-bond acceptors (Lipinski definition) is 4. The minimum absolute atomic E-state index is 0.228. The monoisotopic (exact) mass is 329 g/mol. The van der Waals surface area contributed by atoms with Crippen molar-refractivity contribution < 1.29 is 19.4 Å². The molecular weight excluding hydrogens is 314 g/mol. The molecule has 1 aromatic carbocycles. The second-order valence-corrected chi connectivity index (χ2v) is 5.21. The van der Waals surface area contributed by atoms with Crippen molar-refractivity contribution in [1.82, 2.24) is 5.32 Å². The first-order valence-electron chi connectivity index (χ1n) is 6.16. The molecule has 1 unspecified atom stereocenters. The van der Waals surface area contributed by atoms with Gasteiger partial charge in [0.05, 0.1) is 0 Å². The van der Waals surface area contributed by atoms with Gasteiger partial charge in [0.1, 0.15) is 6.04 Å². The Kier molecular flexibility index (Phi) is 4.66. The molecule has 2 N–H and O–H groups in total. The molecule has 1 atom stereocenters. The summed E-state index contributed by atoms with van der Waals surface area (Å²) in [6.45, 7) is 2.66. The van der Waals surface area contributed by atoms with Gasteiger partial charge in [-0.1, -0.05) is 29.3 Å². The van der Waals surface area contributed by atoms with Crippen LogP contribution in [0.3, 0.4) is 0 Å². The largest absolute Gasteiger partial charge is 0.480 e. The van der Waals surface area contributed by atoms with Crippen molar-refractivity contribution in [3.8, 4) is 11.5 Å². The van der Waals surface area contributed by atoms with Gasteiger partial charge < -0.3 is 19.9 Å². The number of fused-ring (bicyclic) bond motifs is 1. The highest BCUT2D eigenvalue weighted by molar-refractivity contribution is 9.10. The number of rotatable bonds is 6. The van der Waals surface area contributed by atoms with E-state index in [1.807, 2.05) is 19.1 Å². The van der Waals surface area contributed by atoms with E-state index in [0.717, 1.165) is 16.5 Å². The van der Waals surface area contributed by atoms with Gasteiger partial charge >= 0.3 is 5.97 Å². The Morgan fingerprint density at radius 3 is 2.79 bits per heavy atom. The van der Waals surface area contributed by atoms with Crippen molar-refractivity contribution in [3.05, 3.63) is 22.2 Å². The molecule has 0 saturated heterocycles. The molecule has 0 saturated carbocycles. The SMILES string of the molecule is CCCC(NCc1cc2c(cc1Br)OCO2)C(=O)O. The fourth-order valence-corrected chi connectivity index (χ4v) is 2.39. The lowest BCUT2D eigenvalue weighted by molar-refractivity contribution is -0.139. The number of benzene rings is 1. The van der Waals surface area contributed by atoms with E-state index in [9.17, 15) is 4.79 Å². The fraction of sp³-hybridized carbons (Fsp3) is 0.462. The smallest absolute Gasteiger partial charge is 0.320 e. The van der Waals surface area contributed by atoms with E-state index in [1.165, 1.54) is 0 Å². The molecule has 0 spiro atoms. The van der Waals surface area contributed by atoms with E-state index in [0.29, 0.717) is 24.5 Å². The minimum Gasteiger partial charge on any atom is -0.480 e. The standard InChI is InChI=1S/C13H16BrNO4/c1-2-3-10(13(16)17)15-6-8-4-11-12(5-9(8)14)19-7-18-11/h4-5,10,15H,2-3,6-7H2,1H3,(H,16,17). The molecule has 1 aromatic rings. The van der Waals surface area contributed by atoms with Crippen LogP contribution in [-0.2, 0) is 11.3 Å². The van der Waals surface area contributed by atoms with Crippen molar-refractivity contribution in [2.45, 2.75) is 32.4 Å². The number of nitrogens with one attached hydrogen (secondary N) is 1. The van der Waals surface area contributed by atoms with Gasteiger partial charge in [-0.15, -0.1) is 0 Å². The van der Waals surface area contributed by atoms with Crippen LogP contribution in [0.15, 0.2) is 16.6 Å². The van der Waals surface area contributed by atoms with Crippen LogP contribution < -0.4 is 14.8 Å². The number of halogens is 1. The maximum atomic E-state index is 11.1. The molecule has 5 nitrogen and oxygen atoms in total. The topological polar surface area (TPSA) is 67.8 Å². The molecule has 0 fully saturated rings. The summed E-state index contributed by atoms with van der Waals surface area (Å²) in [5.74, 6) is 0.583. The predicted molar refractivity (Wildman–Crippen MR) is 73.4 cm³/mol. The van der Waals surface area contributed by atoms with Crippen LogP contribution in [0, 0.1) is 0 Å². The number of ether oxygens (including phenoxy) is 2. The summed E-state index contributed by atoms with van der Waals surface area (Å²) in [5, 5.41) is 12.1. The van der Waals surface area contributed by atoms with E-state index in [2.05, 4.69) is 21.2 Å². The van der Waals surface area contributed by atoms with Crippen LogP contribution in [0.2, 0.25) is 0 Å². The van der Waals surface area contributed by atoms with Crippen molar-refractivity contribution >= 4 is 21.9 Å². The van der Waals surface area contributed by atoms with Gasteiger partial charge in [-0.05, 0) is 24.1 Å². The quantitative estimate of drug-likeness (QED) is 0.839. The lowest BCUT2D eigenvalue weighted by atomic mass is 10.1. The molecule has 104 valence electrons. The number of hydrogen-bond donors (Lipinski definition) is 2. The van der Waals surface area contributed by atoms with Gasteiger partial charge in [0.15, 0.2) is 11.5 Å². The van der Waals surface area contributed by atoms with Crippen LogP contribution >= 0.6 is 15.9 Å². The first kappa shape index (κ1) is 14.1. The third-order valence-corrected chi connectivity index (χ3v) is 3.69. The average Bonchev–Trinajstić information content (AvgIpc) is 2.80. The Morgan fingerprint density at radius 1 is 1.47 bits per heavy atom. The Hall–Kier alpha value is -1.27. The average molecular weight is 330 g/mol. The highest BCUT2D eigenvalue weighted by atomic mass is 79.9. The summed E-state index contributed by atoms with van der Waals surface area (Å²) < 4.78 is 11.5. The highest BCUT2D eigenvalue weighted by Gasteiger charge is 2.19. The summed E-state index contributed by atoms with van der Waals surface area (Å²) in [7, 11) is 0. The summed E-state index contributed by atoms with van der Waals surface area (Å²) in [6, 6.07) is 3.18. The van der Waals surface area contributed by atoms with Crippen LogP contribution in [0.25, 0.3) is 0 Å². The summed E-state index contributed by atoms with van der Waals surface area (Å²) in [6.07, 6.45) is 1.43. The summed E-state index contributed by atoms with van der Waals surface area (Å²) in [4.78, 5) is 11.1. The lowest BCUT2D eigenvalue weighted by Gasteiger charge is -2.14. The summed E-state index contributed by atoms with van der Waals surface area (Å²) >= 11 is 3.45. The molecule has 19 heavy (non-hydrogen) atoms. The van der Waals surface area contributed by atoms with Gasteiger partial charge in [-0.3, -0.25) is 4.79 Å². The Labute approximate surface area is 120 Å². The third kappa shape index (κ3) is 3.39. The number of carboxylic acid groups (broad SMARTS) is 1. The van der Waals surface area contributed by atoms with E-state index in [1.54, 1.807) is 0 Å². The molecule has 1 aliphatic heterocycles. The van der Waals surface area contributed by atoms with Crippen LogP contribution in [0.1, 0.15) is 25.3 Å². The maximum Gasteiger partial charge on any atom is 0.320 e. The van der Waals surface area contributed by atoms with Crippen LogP contribution in [-0.4, -0.2) is 23.9 Å². The molecule has 0 amide bonds.